The van der Waals surface area contributed by atoms with Gasteiger partial charge < -0.3 is 10.6 Å². The van der Waals surface area contributed by atoms with Crippen LogP contribution in [0.15, 0.2) is 29.6 Å². The van der Waals surface area contributed by atoms with Crippen molar-refractivity contribution in [2.75, 3.05) is 25.0 Å². The molecule has 96 valence electrons. The molecular formula is C15H20N2S. The maximum atomic E-state index is 3.60. The van der Waals surface area contributed by atoms with E-state index in [0.717, 1.165) is 12.5 Å². The molecule has 0 saturated carbocycles. The third-order valence-electron chi connectivity index (χ3n) is 3.75. The summed E-state index contributed by atoms with van der Waals surface area (Å²) in [5.41, 5.74) is 1.30. The summed E-state index contributed by atoms with van der Waals surface area (Å²) >= 11 is 1.83. The van der Waals surface area contributed by atoms with Crippen LogP contribution in [0.2, 0.25) is 0 Å². The van der Waals surface area contributed by atoms with E-state index < -0.39 is 0 Å². The van der Waals surface area contributed by atoms with Gasteiger partial charge in [-0.25, -0.2) is 0 Å². The third kappa shape index (κ3) is 2.68. The smallest absolute Gasteiger partial charge is 0.0528 e. The third-order valence-corrected chi connectivity index (χ3v) is 4.71. The Hall–Kier alpha value is -1.06. The summed E-state index contributed by atoms with van der Waals surface area (Å²) in [4.78, 5) is 0. The van der Waals surface area contributed by atoms with Gasteiger partial charge in [-0.15, -0.1) is 11.3 Å². The van der Waals surface area contributed by atoms with Gasteiger partial charge in [0, 0.05) is 22.0 Å². The summed E-state index contributed by atoms with van der Waals surface area (Å²) in [6.45, 7) is 3.50. The van der Waals surface area contributed by atoms with E-state index in [1.807, 2.05) is 11.3 Å². The maximum Gasteiger partial charge on any atom is 0.0528 e. The van der Waals surface area contributed by atoms with Crippen molar-refractivity contribution in [3.05, 3.63) is 29.6 Å². The lowest BCUT2D eigenvalue weighted by Gasteiger charge is -2.22. The predicted octanol–water partition coefficient (Wildman–Crippen LogP) is 3.70. The minimum Gasteiger partial charge on any atom is -0.384 e. The lowest BCUT2D eigenvalue weighted by atomic mass is 9.96. The Bertz CT molecular complexity index is 500. The fourth-order valence-corrected chi connectivity index (χ4v) is 3.61. The van der Waals surface area contributed by atoms with E-state index in [0.29, 0.717) is 0 Å². The van der Waals surface area contributed by atoms with Gasteiger partial charge in [0.05, 0.1) is 5.69 Å². The fraction of sp³-hybridized carbons (Fsp3) is 0.467. The second-order valence-electron chi connectivity index (χ2n) is 5.07. The van der Waals surface area contributed by atoms with E-state index in [4.69, 9.17) is 0 Å². The summed E-state index contributed by atoms with van der Waals surface area (Å²) < 4.78 is 1.37. The molecule has 2 nitrogen and oxygen atoms in total. The molecule has 2 aromatic rings. The van der Waals surface area contributed by atoms with Crippen LogP contribution in [-0.2, 0) is 0 Å². The summed E-state index contributed by atoms with van der Waals surface area (Å²) in [7, 11) is 0. The number of rotatable bonds is 4. The van der Waals surface area contributed by atoms with Crippen LogP contribution in [0, 0.1) is 5.92 Å². The highest BCUT2D eigenvalue weighted by atomic mass is 32.1. The number of hydrogen-bond acceptors (Lipinski definition) is 3. The van der Waals surface area contributed by atoms with Gasteiger partial charge in [-0.05, 0) is 44.3 Å². The molecule has 1 atom stereocenters. The number of nitrogens with one attached hydrogen (secondary N) is 2. The van der Waals surface area contributed by atoms with Gasteiger partial charge >= 0.3 is 0 Å². The molecule has 2 N–H and O–H groups in total. The van der Waals surface area contributed by atoms with E-state index in [1.54, 1.807) is 0 Å². The van der Waals surface area contributed by atoms with Crippen LogP contribution in [0.4, 0.5) is 5.69 Å². The molecular weight excluding hydrogens is 240 g/mol. The minimum absolute atomic E-state index is 0.858. The van der Waals surface area contributed by atoms with Crippen molar-refractivity contribution < 1.29 is 0 Å². The van der Waals surface area contributed by atoms with Gasteiger partial charge in [0.2, 0.25) is 0 Å². The molecule has 1 unspecified atom stereocenters. The number of anilines is 1. The van der Waals surface area contributed by atoms with Gasteiger partial charge in [0.15, 0.2) is 0 Å². The van der Waals surface area contributed by atoms with E-state index >= 15 is 0 Å². The first-order valence-electron chi connectivity index (χ1n) is 6.84. The Morgan fingerprint density at radius 1 is 1.33 bits per heavy atom. The molecule has 1 aliphatic heterocycles. The molecule has 0 radical (unpaired) electrons. The number of piperidine rings is 1. The summed E-state index contributed by atoms with van der Waals surface area (Å²) in [6.07, 6.45) is 4.00. The van der Waals surface area contributed by atoms with E-state index in [-0.39, 0.29) is 0 Å². The lowest BCUT2D eigenvalue weighted by molar-refractivity contribution is 0.364. The highest BCUT2D eigenvalue weighted by Gasteiger charge is 2.12. The molecule has 1 saturated heterocycles. The lowest BCUT2D eigenvalue weighted by Crippen LogP contribution is -2.30. The van der Waals surface area contributed by atoms with Gasteiger partial charge in [-0.2, -0.15) is 0 Å². The van der Waals surface area contributed by atoms with Crippen molar-refractivity contribution in [1.29, 1.82) is 0 Å². The van der Waals surface area contributed by atoms with Crippen molar-refractivity contribution in [2.45, 2.75) is 19.3 Å². The SMILES string of the molecule is c1ccc2c(NCCC3CCCNC3)csc2c1. The van der Waals surface area contributed by atoms with E-state index in [1.165, 1.54) is 48.1 Å². The van der Waals surface area contributed by atoms with Crippen LogP contribution in [0.3, 0.4) is 0 Å². The molecule has 1 aromatic heterocycles. The fourth-order valence-electron chi connectivity index (χ4n) is 2.70. The van der Waals surface area contributed by atoms with Gasteiger partial charge in [-0.1, -0.05) is 18.2 Å². The molecule has 1 aliphatic rings. The topological polar surface area (TPSA) is 24.1 Å². The van der Waals surface area contributed by atoms with Crippen LogP contribution in [0.5, 0.6) is 0 Å². The standard InChI is InChI=1S/C15H20N2S/c1-2-6-15-13(5-1)14(11-18-15)17-9-7-12-4-3-8-16-10-12/h1-2,5-6,11-12,16-17H,3-4,7-10H2. The van der Waals surface area contributed by atoms with Crippen molar-refractivity contribution in [1.82, 2.24) is 5.32 Å². The zero-order valence-electron chi connectivity index (χ0n) is 10.6. The molecule has 1 aromatic carbocycles. The quantitative estimate of drug-likeness (QED) is 0.876. The second kappa shape index (κ2) is 5.72. The van der Waals surface area contributed by atoms with E-state index in [9.17, 15) is 0 Å². The highest BCUT2D eigenvalue weighted by Crippen LogP contribution is 2.29. The zero-order valence-corrected chi connectivity index (χ0v) is 11.4. The van der Waals surface area contributed by atoms with Crippen molar-refractivity contribution >= 4 is 27.1 Å². The Kier molecular flexibility index (Phi) is 3.81. The summed E-state index contributed by atoms with van der Waals surface area (Å²) in [6, 6.07) is 8.62. The van der Waals surface area contributed by atoms with Gasteiger partial charge in [0.25, 0.3) is 0 Å². The van der Waals surface area contributed by atoms with Gasteiger partial charge in [0.1, 0.15) is 0 Å². The number of benzene rings is 1. The number of hydrogen-bond donors (Lipinski definition) is 2. The molecule has 0 amide bonds. The molecule has 3 rings (SSSR count). The van der Waals surface area contributed by atoms with Crippen molar-refractivity contribution in [2.24, 2.45) is 5.92 Å². The largest absolute Gasteiger partial charge is 0.384 e. The molecule has 1 fully saturated rings. The predicted molar refractivity (Wildman–Crippen MR) is 80.5 cm³/mol. The van der Waals surface area contributed by atoms with Crippen molar-refractivity contribution in [3.8, 4) is 0 Å². The minimum atomic E-state index is 0.858. The summed E-state index contributed by atoms with van der Waals surface area (Å²) in [5.74, 6) is 0.858. The van der Waals surface area contributed by atoms with Crippen LogP contribution < -0.4 is 10.6 Å². The van der Waals surface area contributed by atoms with Gasteiger partial charge in [-0.3, -0.25) is 0 Å². The highest BCUT2D eigenvalue weighted by molar-refractivity contribution is 7.17. The second-order valence-corrected chi connectivity index (χ2v) is 5.98. The Morgan fingerprint density at radius 2 is 2.28 bits per heavy atom. The van der Waals surface area contributed by atoms with Crippen LogP contribution in [-0.4, -0.2) is 19.6 Å². The number of thiophene rings is 1. The van der Waals surface area contributed by atoms with Crippen molar-refractivity contribution in [3.63, 3.8) is 0 Å². The first-order valence-corrected chi connectivity index (χ1v) is 7.72. The summed E-state index contributed by atoms with van der Waals surface area (Å²) in [5, 5.41) is 10.7. The maximum absolute atomic E-state index is 3.60. The molecule has 18 heavy (non-hydrogen) atoms. The average molecular weight is 260 g/mol. The van der Waals surface area contributed by atoms with Crippen LogP contribution in [0.25, 0.3) is 10.1 Å². The normalized spacial score (nSPS) is 20.1. The number of fused-ring (bicyclic) bond motifs is 1. The molecule has 0 aliphatic carbocycles. The molecule has 0 spiro atoms. The first kappa shape index (κ1) is 12.0. The van der Waals surface area contributed by atoms with E-state index in [2.05, 4.69) is 40.3 Å². The monoisotopic (exact) mass is 260 g/mol. The van der Waals surface area contributed by atoms with Crippen LogP contribution in [0.1, 0.15) is 19.3 Å². The molecule has 3 heteroatoms. The Balaban J connectivity index is 1.56. The first-order chi connectivity index (χ1) is 8.93. The Labute approximate surface area is 112 Å². The Morgan fingerprint density at radius 3 is 3.17 bits per heavy atom. The molecule has 2 heterocycles. The average Bonchev–Trinajstić information content (AvgIpc) is 2.84. The van der Waals surface area contributed by atoms with Crippen LogP contribution >= 0.6 is 11.3 Å². The molecule has 0 bridgehead atoms. The zero-order chi connectivity index (χ0) is 12.2.